The summed E-state index contributed by atoms with van der Waals surface area (Å²) in [4.78, 5) is 19.9. The fourth-order valence-electron chi connectivity index (χ4n) is 2.51. The van der Waals surface area contributed by atoms with Gasteiger partial charge in [-0.3, -0.25) is 9.88 Å². The van der Waals surface area contributed by atoms with Gasteiger partial charge in [-0.05, 0) is 31.2 Å². The number of aromatic nitrogens is 5. The van der Waals surface area contributed by atoms with Crippen molar-refractivity contribution in [2.75, 3.05) is 7.05 Å². The molecule has 114 valence electrons. The Hall–Kier alpha value is -2.67. The number of aromatic amines is 2. The van der Waals surface area contributed by atoms with Crippen molar-refractivity contribution in [2.24, 2.45) is 0 Å². The van der Waals surface area contributed by atoms with Crippen molar-refractivity contribution in [3.8, 4) is 5.69 Å². The average molecular weight is 298 g/mol. The molecule has 3 rings (SSSR count). The Bertz CT molecular complexity index is 802. The maximum atomic E-state index is 11.0. The quantitative estimate of drug-likeness (QED) is 0.742. The van der Waals surface area contributed by atoms with E-state index in [0.29, 0.717) is 12.4 Å². The van der Waals surface area contributed by atoms with E-state index in [1.165, 1.54) is 11.1 Å². The Balaban J connectivity index is 1.70. The molecule has 7 nitrogen and oxygen atoms in total. The fraction of sp³-hybridized carbons (Fsp3) is 0.267. The first kappa shape index (κ1) is 14.3. The molecule has 0 saturated carbocycles. The molecule has 7 heteroatoms. The number of hydrogen-bond acceptors (Lipinski definition) is 4. The van der Waals surface area contributed by atoms with Crippen molar-refractivity contribution < 1.29 is 0 Å². The van der Waals surface area contributed by atoms with E-state index in [9.17, 15) is 4.79 Å². The smallest absolute Gasteiger partial charge is 0.306 e. The van der Waals surface area contributed by atoms with E-state index in [4.69, 9.17) is 0 Å². The molecule has 0 bridgehead atoms. The van der Waals surface area contributed by atoms with Crippen molar-refractivity contribution in [3.05, 3.63) is 64.4 Å². The van der Waals surface area contributed by atoms with Gasteiger partial charge in [0.25, 0.3) is 0 Å². The summed E-state index contributed by atoms with van der Waals surface area (Å²) in [5.74, 6) is 0.638. The van der Waals surface area contributed by atoms with Gasteiger partial charge in [0, 0.05) is 24.6 Å². The maximum absolute atomic E-state index is 11.0. The Morgan fingerprint density at radius 2 is 2.18 bits per heavy atom. The minimum absolute atomic E-state index is 0.274. The van der Waals surface area contributed by atoms with Crippen LogP contribution in [0.4, 0.5) is 0 Å². The molecule has 1 aromatic carbocycles. The highest BCUT2D eigenvalue weighted by atomic mass is 16.1. The highest BCUT2D eigenvalue weighted by Crippen LogP contribution is 2.16. The van der Waals surface area contributed by atoms with Crippen molar-refractivity contribution >= 4 is 0 Å². The molecule has 0 fully saturated rings. The van der Waals surface area contributed by atoms with Gasteiger partial charge < -0.3 is 4.57 Å². The van der Waals surface area contributed by atoms with Crippen LogP contribution in [0.15, 0.2) is 41.7 Å². The summed E-state index contributed by atoms with van der Waals surface area (Å²) in [7, 11) is 1.99. The zero-order valence-electron chi connectivity index (χ0n) is 12.6. The molecule has 0 aliphatic rings. The largest absolute Gasteiger partial charge is 0.340 e. The minimum Gasteiger partial charge on any atom is -0.306 e. The molecule has 2 heterocycles. The molecule has 0 spiro atoms. The lowest BCUT2D eigenvalue weighted by molar-refractivity contribution is 0.311. The van der Waals surface area contributed by atoms with E-state index >= 15 is 0 Å². The summed E-state index contributed by atoms with van der Waals surface area (Å²) in [5, 5.41) is 6.29. The monoisotopic (exact) mass is 298 g/mol. The first-order valence-electron chi connectivity index (χ1n) is 7.02. The molecule has 22 heavy (non-hydrogen) atoms. The zero-order valence-corrected chi connectivity index (χ0v) is 12.6. The van der Waals surface area contributed by atoms with Crippen LogP contribution in [0, 0.1) is 6.92 Å². The minimum atomic E-state index is -0.274. The molecule has 3 aromatic rings. The first-order chi connectivity index (χ1) is 10.6. The van der Waals surface area contributed by atoms with Gasteiger partial charge in [-0.1, -0.05) is 12.1 Å². The molecule has 0 aliphatic heterocycles. The van der Waals surface area contributed by atoms with Gasteiger partial charge in [0.15, 0.2) is 0 Å². The van der Waals surface area contributed by atoms with Gasteiger partial charge in [-0.25, -0.2) is 14.9 Å². The third-order valence-corrected chi connectivity index (χ3v) is 3.47. The summed E-state index contributed by atoms with van der Waals surface area (Å²) < 4.78 is 2.00. The van der Waals surface area contributed by atoms with Crippen LogP contribution < -0.4 is 5.69 Å². The number of H-pyrrole nitrogens is 2. The third kappa shape index (κ3) is 3.15. The van der Waals surface area contributed by atoms with Gasteiger partial charge >= 0.3 is 5.69 Å². The topological polar surface area (TPSA) is 82.6 Å². The maximum Gasteiger partial charge on any atom is 0.340 e. The molecule has 0 radical (unpaired) electrons. The van der Waals surface area contributed by atoms with Crippen LogP contribution in [0.2, 0.25) is 0 Å². The number of rotatable bonds is 5. The summed E-state index contributed by atoms with van der Waals surface area (Å²) in [6.45, 7) is 3.45. The molecular formula is C15H18N6O. The van der Waals surface area contributed by atoms with Crippen LogP contribution in [0.5, 0.6) is 0 Å². The van der Waals surface area contributed by atoms with Crippen LogP contribution in [0.1, 0.15) is 17.0 Å². The lowest BCUT2D eigenvalue weighted by Gasteiger charge is -2.16. The lowest BCUT2D eigenvalue weighted by Crippen LogP contribution is -2.18. The van der Waals surface area contributed by atoms with Crippen LogP contribution in [-0.2, 0) is 13.1 Å². The number of benzene rings is 1. The van der Waals surface area contributed by atoms with E-state index in [-0.39, 0.29) is 5.69 Å². The first-order valence-corrected chi connectivity index (χ1v) is 7.02. The van der Waals surface area contributed by atoms with Gasteiger partial charge in [0.1, 0.15) is 5.82 Å². The molecule has 2 aromatic heterocycles. The normalized spacial score (nSPS) is 11.2. The summed E-state index contributed by atoms with van der Waals surface area (Å²) >= 11 is 0. The number of nitrogens with zero attached hydrogens (tertiary/aromatic N) is 4. The van der Waals surface area contributed by atoms with Crippen molar-refractivity contribution in [1.29, 1.82) is 0 Å². The van der Waals surface area contributed by atoms with Gasteiger partial charge in [0.05, 0.1) is 12.9 Å². The van der Waals surface area contributed by atoms with E-state index in [1.807, 2.05) is 17.8 Å². The summed E-state index contributed by atoms with van der Waals surface area (Å²) in [6.07, 6.45) is 5.50. The van der Waals surface area contributed by atoms with Gasteiger partial charge in [0.2, 0.25) is 0 Å². The second-order valence-electron chi connectivity index (χ2n) is 5.39. The zero-order chi connectivity index (χ0) is 15.5. The van der Waals surface area contributed by atoms with E-state index in [1.54, 1.807) is 12.5 Å². The number of imidazole rings is 1. The van der Waals surface area contributed by atoms with Gasteiger partial charge in [-0.15, -0.1) is 0 Å². The average Bonchev–Trinajstić information content (AvgIpc) is 3.11. The van der Waals surface area contributed by atoms with Crippen LogP contribution in [0.25, 0.3) is 5.69 Å². The summed E-state index contributed by atoms with van der Waals surface area (Å²) in [6, 6.07) is 6.36. The van der Waals surface area contributed by atoms with E-state index in [0.717, 1.165) is 12.2 Å². The molecule has 0 atom stereocenters. The molecule has 0 aliphatic carbocycles. The Morgan fingerprint density at radius 3 is 2.82 bits per heavy atom. The Morgan fingerprint density at radius 1 is 1.32 bits per heavy atom. The third-order valence-electron chi connectivity index (χ3n) is 3.47. The molecular weight excluding hydrogens is 280 g/mol. The Kier molecular flexibility index (Phi) is 3.88. The van der Waals surface area contributed by atoms with Crippen molar-refractivity contribution in [2.45, 2.75) is 20.0 Å². The molecule has 2 N–H and O–H groups in total. The van der Waals surface area contributed by atoms with Crippen molar-refractivity contribution in [1.82, 2.24) is 29.6 Å². The van der Waals surface area contributed by atoms with Gasteiger partial charge in [-0.2, -0.15) is 5.10 Å². The molecule has 0 amide bonds. The second kappa shape index (κ2) is 5.98. The predicted octanol–water partition coefficient (Wildman–Crippen LogP) is 1.22. The fourth-order valence-corrected chi connectivity index (χ4v) is 2.51. The Labute approximate surface area is 127 Å². The lowest BCUT2D eigenvalue weighted by atomic mass is 10.1. The van der Waals surface area contributed by atoms with E-state index < -0.39 is 0 Å². The standard InChI is InChI=1S/C15H18N6O/c1-11-7-12(3-4-13(11)21-6-5-16-10-21)8-20(2)9-14-17-15(22)19-18-14/h3-7,10H,8-9H2,1-2H3,(H2,17,18,19,22). The number of aryl methyl sites for hydroxylation is 1. The van der Waals surface area contributed by atoms with Crippen LogP contribution >= 0.6 is 0 Å². The van der Waals surface area contributed by atoms with Crippen molar-refractivity contribution in [3.63, 3.8) is 0 Å². The predicted molar refractivity (Wildman–Crippen MR) is 82.7 cm³/mol. The summed E-state index contributed by atoms with van der Waals surface area (Å²) in [5.41, 5.74) is 3.25. The molecule has 0 unspecified atom stereocenters. The second-order valence-corrected chi connectivity index (χ2v) is 5.39. The molecule has 0 saturated heterocycles. The van der Waals surface area contributed by atoms with Crippen LogP contribution in [0.3, 0.4) is 0 Å². The highest BCUT2D eigenvalue weighted by molar-refractivity contribution is 5.42. The van der Waals surface area contributed by atoms with Crippen LogP contribution in [-0.4, -0.2) is 36.7 Å². The van der Waals surface area contributed by atoms with E-state index in [2.05, 4.69) is 50.2 Å². The SMILES string of the molecule is Cc1cc(CN(C)Cc2n[nH]c(=O)[nH]2)ccc1-n1ccnc1. The number of nitrogens with one attached hydrogen (secondary N) is 2. The number of hydrogen-bond donors (Lipinski definition) is 2. The highest BCUT2D eigenvalue weighted by Gasteiger charge is 2.07.